The van der Waals surface area contributed by atoms with Crippen molar-refractivity contribution in [1.29, 1.82) is 0 Å². The molecule has 0 saturated carbocycles. The molecule has 0 saturated heterocycles. The summed E-state index contributed by atoms with van der Waals surface area (Å²) < 4.78 is 0. The number of hydrogen-bond donors (Lipinski definition) is 1. The van der Waals surface area contributed by atoms with Crippen molar-refractivity contribution in [3.63, 3.8) is 0 Å². The minimum Gasteiger partial charge on any atom is -0.350 e. The Hall–Kier alpha value is -3.02. The summed E-state index contributed by atoms with van der Waals surface area (Å²) in [7, 11) is 0. The quantitative estimate of drug-likeness (QED) is 0.586. The summed E-state index contributed by atoms with van der Waals surface area (Å²) in [5.41, 5.74) is 1.74. The molecular weight excluding hydrogens is 268 g/mol. The first-order valence-corrected chi connectivity index (χ1v) is 6.41. The normalized spacial score (nSPS) is 10.5. The van der Waals surface area contributed by atoms with E-state index in [0.717, 1.165) is 16.5 Å². The summed E-state index contributed by atoms with van der Waals surface area (Å²) >= 11 is 0. The molecule has 3 aromatic rings. The molecule has 0 unspecified atom stereocenters. The number of aromatic nitrogens is 2. The maximum absolute atomic E-state index is 10.7. The van der Waals surface area contributed by atoms with Gasteiger partial charge in [-0.1, -0.05) is 30.3 Å². The van der Waals surface area contributed by atoms with E-state index in [-0.39, 0.29) is 5.69 Å². The van der Waals surface area contributed by atoms with Crippen molar-refractivity contribution in [2.24, 2.45) is 0 Å². The van der Waals surface area contributed by atoms with Crippen LogP contribution < -0.4 is 5.32 Å². The number of hydrogen-bond acceptors (Lipinski definition) is 5. The number of non-ortho nitro benzene ring substituents is 1. The van der Waals surface area contributed by atoms with Crippen LogP contribution in [0.15, 0.2) is 54.7 Å². The second-order valence-electron chi connectivity index (χ2n) is 4.53. The molecule has 0 aliphatic rings. The molecule has 3 rings (SSSR count). The maximum atomic E-state index is 10.7. The van der Waals surface area contributed by atoms with Crippen molar-refractivity contribution in [2.45, 2.75) is 6.54 Å². The molecule has 2 aromatic carbocycles. The van der Waals surface area contributed by atoms with E-state index in [1.807, 2.05) is 30.3 Å². The summed E-state index contributed by atoms with van der Waals surface area (Å²) in [5, 5.41) is 14.8. The molecule has 0 aliphatic carbocycles. The first kappa shape index (κ1) is 13.0. The summed E-state index contributed by atoms with van der Waals surface area (Å²) in [4.78, 5) is 18.9. The number of anilines is 1. The van der Waals surface area contributed by atoms with E-state index in [0.29, 0.717) is 12.5 Å². The zero-order chi connectivity index (χ0) is 14.7. The number of fused-ring (bicyclic) bond motifs is 1. The largest absolute Gasteiger partial charge is 0.350 e. The highest BCUT2D eigenvalue weighted by Gasteiger charge is 2.06. The second kappa shape index (κ2) is 5.54. The summed E-state index contributed by atoms with van der Waals surface area (Å²) in [6, 6.07) is 14.2. The molecule has 0 radical (unpaired) electrons. The molecule has 1 heterocycles. The molecule has 6 heteroatoms. The van der Waals surface area contributed by atoms with Crippen LogP contribution in [0.25, 0.3) is 10.9 Å². The van der Waals surface area contributed by atoms with Crippen LogP contribution in [0.1, 0.15) is 5.56 Å². The molecule has 0 atom stereocenters. The van der Waals surface area contributed by atoms with Crippen molar-refractivity contribution in [3.8, 4) is 0 Å². The smallest absolute Gasteiger partial charge is 0.269 e. The van der Waals surface area contributed by atoms with Crippen LogP contribution in [0, 0.1) is 10.1 Å². The van der Waals surface area contributed by atoms with Gasteiger partial charge in [0.1, 0.15) is 0 Å². The van der Waals surface area contributed by atoms with Crippen LogP contribution in [0.2, 0.25) is 0 Å². The van der Waals surface area contributed by atoms with Crippen LogP contribution in [-0.2, 0) is 6.54 Å². The molecule has 0 amide bonds. The summed E-state index contributed by atoms with van der Waals surface area (Å²) in [6.45, 7) is 0.431. The number of nitro groups is 1. The van der Waals surface area contributed by atoms with E-state index >= 15 is 0 Å². The minimum atomic E-state index is -0.407. The number of rotatable bonds is 4. The molecule has 104 valence electrons. The van der Waals surface area contributed by atoms with Crippen LogP contribution in [0.4, 0.5) is 11.6 Å². The molecule has 0 bridgehead atoms. The first-order chi connectivity index (χ1) is 10.2. The SMILES string of the molecule is O=[N+]([O-])c1cccc(CNc2ncc3ccccc3n2)c1. The molecule has 1 N–H and O–H groups in total. The van der Waals surface area contributed by atoms with Crippen molar-refractivity contribution in [1.82, 2.24) is 9.97 Å². The van der Waals surface area contributed by atoms with Gasteiger partial charge in [-0.3, -0.25) is 10.1 Å². The third-order valence-corrected chi connectivity index (χ3v) is 3.06. The van der Waals surface area contributed by atoms with Crippen LogP contribution in [-0.4, -0.2) is 14.9 Å². The highest BCUT2D eigenvalue weighted by molar-refractivity contribution is 5.78. The number of benzene rings is 2. The predicted octanol–water partition coefficient (Wildman–Crippen LogP) is 3.15. The highest BCUT2D eigenvalue weighted by atomic mass is 16.6. The van der Waals surface area contributed by atoms with E-state index in [1.165, 1.54) is 12.1 Å². The molecular formula is C15H12N4O2. The Morgan fingerprint density at radius 3 is 2.86 bits per heavy atom. The fraction of sp³-hybridized carbons (Fsp3) is 0.0667. The molecule has 0 spiro atoms. The Morgan fingerprint density at radius 2 is 2.00 bits per heavy atom. The van der Waals surface area contributed by atoms with Crippen LogP contribution in [0.5, 0.6) is 0 Å². The topological polar surface area (TPSA) is 81.0 Å². The van der Waals surface area contributed by atoms with Gasteiger partial charge in [-0.15, -0.1) is 0 Å². The zero-order valence-electron chi connectivity index (χ0n) is 11.1. The average molecular weight is 280 g/mol. The first-order valence-electron chi connectivity index (χ1n) is 6.41. The van der Waals surface area contributed by atoms with Gasteiger partial charge in [0, 0.05) is 30.3 Å². The van der Waals surface area contributed by atoms with E-state index in [9.17, 15) is 10.1 Å². The molecule has 21 heavy (non-hydrogen) atoms. The number of nitrogens with one attached hydrogen (secondary N) is 1. The van der Waals surface area contributed by atoms with Gasteiger partial charge in [0.05, 0.1) is 10.4 Å². The monoisotopic (exact) mass is 280 g/mol. The minimum absolute atomic E-state index is 0.0775. The van der Waals surface area contributed by atoms with Gasteiger partial charge >= 0.3 is 0 Å². The highest BCUT2D eigenvalue weighted by Crippen LogP contribution is 2.15. The van der Waals surface area contributed by atoms with E-state index in [4.69, 9.17) is 0 Å². The van der Waals surface area contributed by atoms with Crippen LogP contribution >= 0.6 is 0 Å². The van der Waals surface area contributed by atoms with Gasteiger partial charge in [-0.05, 0) is 11.6 Å². The third kappa shape index (κ3) is 2.94. The van der Waals surface area contributed by atoms with Gasteiger partial charge in [-0.2, -0.15) is 0 Å². The van der Waals surface area contributed by atoms with Gasteiger partial charge < -0.3 is 5.32 Å². The Balaban J connectivity index is 1.77. The zero-order valence-corrected chi connectivity index (χ0v) is 11.1. The van der Waals surface area contributed by atoms with E-state index < -0.39 is 4.92 Å². The van der Waals surface area contributed by atoms with Crippen molar-refractivity contribution in [3.05, 3.63) is 70.4 Å². The van der Waals surface area contributed by atoms with Crippen molar-refractivity contribution < 1.29 is 4.92 Å². The molecule has 0 aliphatic heterocycles. The summed E-state index contributed by atoms with van der Waals surface area (Å²) in [6.07, 6.45) is 1.75. The summed E-state index contributed by atoms with van der Waals surface area (Å²) in [5.74, 6) is 0.500. The molecule has 1 aromatic heterocycles. The van der Waals surface area contributed by atoms with Gasteiger partial charge in [-0.25, -0.2) is 9.97 Å². The Morgan fingerprint density at radius 1 is 1.14 bits per heavy atom. The van der Waals surface area contributed by atoms with Crippen molar-refractivity contribution >= 4 is 22.5 Å². The Bertz CT molecular complexity index is 804. The van der Waals surface area contributed by atoms with Crippen molar-refractivity contribution in [2.75, 3.05) is 5.32 Å². The lowest BCUT2D eigenvalue weighted by molar-refractivity contribution is -0.384. The molecule has 6 nitrogen and oxygen atoms in total. The predicted molar refractivity (Wildman–Crippen MR) is 80.0 cm³/mol. The lowest BCUT2D eigenvalue weighted by atomic mass is 10.2. The number of para-hydroxylation sites is 1. The Kier molecular flexibility index (Phi) is 3.42. The maximum Gasteiger partial charge on any atom is 0.269 e. The number of nitrogens with zero attached hydrogens (tertiary/aromatic N) is 3. The Labute approximate surface area is 120 Å². The van der Waals surface area contributed by atoms with E-state index in [2.05, 4.69) is 15.3 Å². The van der Waals surface area contributed by atoms with Crippen LogP contribution in [0.3, 0.4) is 0 Å². The lowest BCUT2D eigenvalue weighted by Gasteiger charge is -2.05. The molecule has 0 fully saturated rings. The second-order valence-corrected chi connectivity index (χ2v) is 4.53. The van der Waals surface area contributed by atoms with Gasteiger partial charge in [0.2, 0.25) is 5.95 Å². The fourth-order valence-corrected chi connectivity index (χ4v) is 2.02. The van der Waals surface area contributed by atoms with Gasteiger partial charge in [0.25, 0.3) is 5.69 Å². The fourth-order valence-electron chi connectivity index (χ4n) is 2.02. The van der Waals surface area contributed by atoms with Gasteiger partial charge in [0.15, 0.2) is 0 Å². The standard InChI is InChI=1S/C15H12N4O2/c20-19(21)13-6-3-4-11(8-13)9-16-15-17-10-12-5-1-2-7-14(12)18-15/h1-8,10H,9H2,(H,16,17,18). The average Bonchev–Trinajstić information content (AvgIpc) is 2.53. The number of nitro benzene ring substituents is 1. The van der Waals surface area contributed by atoms with E-state index in [1.54, 1.807) is 12.3 Å². The lowest BCUT2D eigenvalue weighted by Crippen LogP contribution is -2.03. The third-order valence-electron chi connectivity index (χ3n) is 3.06.